The van der Waals surface area contributed by atoms with Crippen LogP contribution in [0.15, 0.2) is 0 Å². The first-order valence-electron chi connectivity index (χ1n) is 7.73. The van der Waals surface area contributed by atoms with Crippen molar-refractivity contribution < 1.29 is 38.6 Å². The number of rotatable bonds is 11. The zero-order valence-electron chi connectivity index (χ0n) is 12.3. The van der Waals surface area contributed by atoms with E-state index in [1.165, 1.54) is 0 Å². The minimum absolute atomic E-state index is 0.206. The van der Waals surface area contributed by atoms with Crippen molar-refractivity contribution in [3.05, 3.63) is 0 Å². The molecule has 0 saturated carbocycles. The maximum atomic E-state index is 10.6. The van der Waals surface area contributed by atoms with Crippen LogP contribution in [0.1, 0.15) is 0 Å². The van der Waals surface area contributed by atoms with Crippen molar-refractivity contribution in [1.82, 2.24) is 0 Å². The Kier molecular flexibility index (Phi) is 4.12. The molecule has 0 bridgehead atoms. The minimum Gasteiger partial charge on any atom is -0.393 e. The van der Waals surface area contributed by atoms with Gasteiger partial charge in [0.1, 0.15) is 42.2 Å². The summed E-state index contributed by atoms with van der Waals surface area (Å²) in [5.74, 6) is 0. The fourth-order valence-corrected chi connectivity index (χ4v) is 2.72. The Labute approximate surface area is 128 Å². The van der Waals surface area contributed by atoms with E-state index in [9.17, 15) is 10.2 Å². The third kappa shape index (κ3) is 3.44. The zero-order valence-corrected chi connectivity index (χ0v) is 12.3. The largest absolute Gasteiger partial charge is 0.393 e. The van der Waals surface area contributed by atoms with E-state index in [1.807, 2.05) is 0 Å². The summed E-state index contributed by atoms with van der Waals surface area (Å²) in [6.07, 6.45) is -0.919. The van der Waals surface area contributed by atoms with Crippen LogP contribution in [0.5, 0.6) is 0 Å². The Morgan fingerprint density at radius 3 is 1.68 bits per heavy atom. The molecule has 22 heavy (non-hydrogen) atoms. The van der Waals surface area contributed by atoms with Gasteiger partial charge in [-0.3, -0.25) is 0 Å². The van der Waals surface area contributed by atoms with E-state index in [4.69, 9.17) is 28.4 Å². The first-order chi connectivity index (χ1) is 10.7. The van der Waals surface area contributed by atoms with Crippen LogP contribution in [0.25, 0.3) is 0 Å². The van der Waals surface area contributed by atoms with E-state index >= 15 is 0 Å². The third-order valence-electron chi connectivity index (χ3n) is 4.38. The molecule has 4 heterocycles. The van der Waals surface area contributed by atoms with Crippen molar-refractivity contribution >= 4 is 0 Å². The van der Waals surface area contributed by atoms with Gasteiger partial charge in [0.05, 0.1) is 46.2 Å². The molecule has 0 aromatic heterocycles. The molecule has 4 saturated heterocycles. The third-order valence-corrected chi connectivity index (χ3v) is 4.38. The highest BCUT2D eigenvalue weighted by molar-refractivity contribution is 5.12. The van der Waals surface area contributed by atoms with Crippen LogP contribution in [0.2, 0.25) is 0 Å². The first-order valence-corrected chi connectivity index (χ1v) is 7.73. The van der Waals surface area contributed by atoms with Gasteiger partial charge < -0.3 is 38.6 Å². The molecule has 0 aromatic carbocycles. The van der Waals surface area contributed by atoms with Gasteiger partial charge in [-0.1, -0.05) is 0 Å². The van der Waals surface area contributed by atoms with E-state index < -0.39 is 24.4 Å². The molecule has 0 radical (unpaired) electrons. The fraction of sp³-hybridized carbons (Fsp3) is 1.00. The van der Waals surface area contributed by atoms with E-state index in [0.29, 0.717) is 26.4 Å². The number of hydrogen-bond acceptors (Lipinski definition) is 8. The molecular formula is C14H22O8. The lowest BCUT2D eigenvalue weighted by Crippen LogP contribution is -2.47. The molecule has 6 unspecified atom stereocenters. The number of aliphatic hydroxyl groups excluding tert-OH is 1. The molecule has 4 aliphatic rings. The summed E-state index contributed by atoms with van der Waals surface area (Å²) in [6.45, 7) is 2.96. The van der Waals surface area contributed by atoms with Crippen molar-refractivity contribution in [3.8, 4) is 0 Å². The highest BCUT2D eigenvalue weighted by Gasteiger charge is 2.65. The maximum absolute atomic E-state index is 10.6. The summed E-state index contributed by atoms with van der Waals surface area (Å²) in [4.78, 5) is 0. The van der Waals surface area contributed by atoms with Gasteiger partial charge in [-0.25, -0.2) is 0 Å². The highest BCUT2D eigenvalue weighted by Crippen LogP contribution is 2.43. The summed E-state index contributed by atoms with van der Waals surface area (Å²) in [5, 5.41) is 20.2. The summed E-state index contributed by atoms with van der Waals surface area (Å²) < 4.78 is 31.9. The highest BCUT2D eigenvalue weighted by atomic mass is 16.7. The van der Waals surface area contributed by atoms with E-state index in [-0.39, 0.29) is 24.4 Å². The van der Waals surface area contributed by atoms with E-state index in [0.717, 1.165) is 13.2 Å². The normalized spacial score (nSPS) is 44.5. The van der Waals surface area contributed by atoms with Crippen molar-refractivity contribution in [3.63, 3.8) is 0 Å². The quantitative estimate of drug-likeness (QED) is 0.424. The second kappa shape index (κ2) is 5.95. The second-order valence-corrected chi connectivity index (χ2v) is 6.33. The van der Waals surface area contributed by atoms with Gasteiger partial charge in [0.15, 0.2) is 0 Å². The van der Waals surface area contributed by atoms with Gasteiger partial charge in [0.2, 0.25) is 0 Å². The van der Waals surface area contributed by atoms with Crippen LogP contribution in [-0.4, -0.2) is 98.7 Å². The van der Waals surface area contributed by atoms with Gasteiger partial charge in [-0.15, -0.1) is 0 Å². The molecule has 0 aromatic rings. The lowest BCUT2D eigenvalue weighted by molar-refractivity contribution is -0.0555. The van der Waals surface area contributed by atoms with E-state index in [1.54, 1.807) is 0 Å². The number of aliphatic hydroxyl groups is 2. The predicted molar refractivity (Wildman–Crippen MR) is 70.5 cm³/mol. The summed E-state index contributed by atoms with van der Waals surface area (Å²) in [7, 11) is 0. The molecule has 8 heteroatoms. The van der Waals surface area contributed by atoms with Crippen LogP contribution in [0, 0.1) is 0 Å². The number of ether oxygens (including phenoxy) is 6. The summed E-state index contributed by atoms with van der Waals surface area (Å²) in [6, 6.07) is 0. The smallest absolute Gasteiger partial charge is 0.145 e. The standard InChI is InChI=1S/C14H22O8/c15-7-14(16,12-10(21-12)5-17-1-8-3-19-8)13-11(22-13)6-18-2-9-4-20-9/h8-13,15-16H,1-7H2. The average molecular weight is 318 g/mol. The van der Waals surface area contributed by atoms with Gasteiger partial charge in [-0.05, 0) is 0 Å². The van der Waals surface area contributed by atoms with Crippen molar-refractivity contribution in [2.24, 2.45) is 0 Å². The van der Waals surface area contributed by atoms with Crippen molar-refractivity contribution in [1.29, 1.82) is 0 Å². The Hall–Kier alpha value is -0.320. The number of epoxide rings is 4. The SMILES string of the molecule is OCC(O)(C1OC1COCC1CO1)C1OC1COCC1CO1. The van der Waals surface area contributed by atoms with Gasteiger partial charge >= 0.3 is 0 Å². The molecule has 0 spiro atoms. The van der Waals surface area contributed by atoms with Gasteiger partial charge in [0, 0.05) is 0 Å². The molecule has 6 atom stereocenters. The first kappa shape index (κ1) is 15.2. The fourth-order valence-electron chi connectivity index (χ4n) is 2.72. The van der Waals surface area contributed by atoms with Crippen LogP contribution in [-0.2, 0) is 28.4 Å². The molecule has 4 aliphatic heterocycles. The van der Waals surface area contributed by atoms with Crippen LogP contribution in [0.4, 0.5) is 0 Å². The van der Waals surface area contributed by atoms with Gasteiger partial charge in [0.25, 0.3) is 0 Å². The second-order valence-electron chi connectivity index (χ2n) is 6.33. The van der Waals surface area contributed by atoms with Gasteiger partial charge in [-0.2, -0.15) is 0 Å². The average Bonchev–Trinajstić information content (AvgIpc) is 3.33. The molecule has 4 rings (SSSR count). The zero-order chi connectivity index (χ0) is 15.2. The molecule has 2 N–H and O–H groups in total. The lowest BCUT2D eigenvalue weighted by Gasteiger charge is -2.22. The Balaban J connectivity index is 1.18. The van der Waals surface area contributed by atoms with Crippen LogP contribution >= 0.6 is 0 Å². The number of hydrogen-bond donors (Lipinski definition) is 2. The predicted octanol–water partition coefficient (Wildman–Crippen LogP) is -1.92. The van der Waals surface area contributed by atoms with Crippen molar-refractivity contribution in [2.75, 3.05) is 46.2 Å². The Bertz CT molecular complexity index is 364. The Morgan fingerprint density at radius 2 is 1.32 bits per heavy atom. The molecule has 0 aliphatic carbocycles. The lowest BCUT2D eigenvalue weighted by atomic mass is 9.92. The molecular weight excluding hydrogens is 296 g/mol. The Morgan fingerprint density at radius 1 is 0.864 bits per heavy atom. The molecule has 4 fully saturated rings. The summed E-state index contributed by atoms with van der Waals surface area (Å²) >= 11 is 0. The molecule has 126 valence electrons. The van der Waals surface area contributed by atoms with Crippen molar-refractivity contribution in [2.45, 2.75) is 42.2 Å². The topological polar surface area (TPSA) is 109 Å². The maximum Gasteiger partial charge on any atom is 0.145 e. The summed E-state index contributed by atoms with van der Waals surface area (Å²) in [5.41, 5.74) is -1.39. The van der Waals surface area contributed by atoms with E-state index in [2.05, 4.69) is 0 Å². The monoisotopic (exact) mass is 318 g/mol. The molecule has 8 nitrogen and oxygen atoms in total. The van der Waals surface area contributed by atoms with Crippen LogP contribution < -0.4 is 0 Å². The molecule has 0 amide bonds. The minimum atomic E-state index is -1.39. The van der Waals surface area contributed by atoms with Crippen LogP contribution in [0.3, 0.4) is 0 Å².